The lowest BCUT2D eigenvalue weighted by Crippen LogP contribution is -2.46. The van der Waals surface area contributed by atoms with Crippen LogP contribution in [-0.4, -0.2) is 35.8 Å². The zero-order valence-electron chi connectivity index (χ0n) is 10.3. The first-order valence-corrected chi connectivity index (χ1v) is 6.48. The third kappa shape index (κ3) is 2.27. The molecule has 0 bridgehead atoms. The van der Waals surface area contributed by atoms with Gasteiger partial charge in [0.1, 0.15) is 0 Å². The summed E-state index contributed by atoms with van der Waals surface area (Å²) in [6.45, 7) is 5.03. The Bertz CT molecular complexity index is 379. The van der Waals surface area contributed by atoms with E-state index in [-0.39, 0.29) is 0 Å². The molecule has 0 saturated carbocycles. The van der Waals surface area contributed by atoms with E-state index in [0.29, 0.717) is 12.0 Å². The number of ether oxygens (including phenoxy) is 1. The van der Waals surface area contributed by atoms with Gasteiger partial charge in [-0.15, -0.1) is 0 Å². The van der Waals surface area contributed by atoms with Crippen LogP contribution in [0.2, 0.25) is 0 Å². The minimum Gasteiger partial charge on any atom is -0.378 e. The summed E-state index contributed by atoms with van der Waals surface area (Å²) in [6, 6.07) is 0. The molecule has 2 saturated heterocycles. The Labute approximate surface area is 102 Å². The van der Waals surface area contributed by atoms with Crippen LogP contribution in [0.4, 0.5) is 5.95 Å². The molecule has 2 aliphatic heterocycles. The van der Waals surface area contributed by atoms with Gasteiger partial charge in [-0.25, -0.2) is 9.97 Å². The maximum absolute atomic E-state index is 5.82. The van der Waals surface area contributed by atoms with Crippen molar-refractivity contribution in [2.24, 2.45) is 5.92 Å². The monoisotopic (exact) mass is 233 g/mol. The largest absolute Gasteiger partial charge is 0.378 e. The molecule has 0 spiro atoms. The Hall–Kier alpha value is -1.16. The number of hydrogen-bond donors (Lipinski definition) is 0. The molecule has 4 nitrogen and oxygen atoms in total. The molecule has 2 atom stereocenters. The summed E-state index contributed by atoms with van der Waals surface area (Å²) in [5.74, 6) is 1.54. The Morgan fingerprint density at radius 3 is 2.94 bits per heavy atom. The third-order valence-electron chi connectivity index (χ3n) is 3.77. The number of hydrogen-bond acceptors (Lipinski definition) is 4. The lowest BCUT2D eigenvalue weighted by molar-refractivity contribution is -0.0359. The Kier molecular flexibility index (Phi) is 2.97. The fourth-order valence-electron chi connectivity index (χ4n) is 2.82. The topological polar surface area (TPSA) is 38.2 Å². The van der Waals surface area contributed by atoms with Gasteiger partial charge in [-0.2, -0.15) is 0 Å². The van der Waals surface area contributed by atoms with Crippen LogP contribution in [0, 0.1) is 12.8 Å². The summed E-state index contributed by atoms with van der Waals surface area (Å²) in [5.41, 5.74) is 1.12. The fraction of sp³-hybridized carbons (Fsp3) is 0.692. The summed E-state index contributed by atoms with van der Waals surface area (Å²) in [7, 11) is 0. The molecular weight excluding hydrogens is 214 g/mol. The molecule has 2 unspecified atom stereocenters. The summed E-state index contributed by atoms with van der Waals surface area (Å²) in [6.07, 6.45) is 7.86. The van der Waals surface area contributed by atoms with Gasteiger partial charge in [0.05, 0.1) is 6.10 Å². The SMILES string of the molecule is Cc1cnc(N2CCC3OCCCC3C2)nc1. The second-order valence-electron chi connectivity index (χ2n) is 5.11. The third-order valence-corrected chi connectivity index (χ3v) is 3.77. The van der Waals surface area contributed by atoms with E-state index >= 15 is 0 Å². The number of fused-ring (bicyclic) bond motifs is 1. The second-order valence-corrected chi connectivity index (χ2v) is 5.11. The highest BCUT2D eigenvalue weighted by Gasteiger charge is 2.32. The molecule has 1 aromatic heterocycles. The fourth-order valence-corrected chi connectivity index (χ4v) is 2.82. The smallest absolute Gasteiger partial charge is 0.225 e. The molecule has 4 heteroatoms. The van der Waals surface area contributed by atoms with Crippen molar-refractivity contribution in [3.8, 4) is 0 Å². The van der Waals surface area contributed by atoms with Gasteiger partial charge in [0, 0.05) is 38.0 Å². The maximum Gasteiger partial charge on any atom is 0.225 e. The van der Waals surface area contributed by atoms with Gasteiger partial charge in [0.15, 0.2) is 0 Å². The van der Waals surface area contributed by atoms with Crippen molar-refractivity contribution < 1.29 is 4.74 Å². The lowest BCUT2D eigenvalue weighted by Gasteiger charge is -2.40. The molecular formula is C13H19N3O. The van der Waals surface area contributed by atoms with Gasteiger partial charge in [-0.1, -0.05) is 0 Å². The van der Waals surface area contributed by atoms with Gasteiger partial charge in [0.25, 0.3) is 0 Å². The maximum atomic E-state index is 5.82. The second kappa shape index (κ2) is 4.61. The van der Waals surface area contributed by atoms with Crippen molar-refractivity contribution in [2.75, 3.05) is 24.6 Å². The van der Waals surface area contributed by atoms with Gasteiger partial charge < -0.3 is 9.64 Å². The van der Waals surface area contributed by atoms with Crippen molar-refractivity contribution in [3.63, 3.8) is 0 Å². The molecule has 2 aliphatic rings. The van der Waals surface area contributed by atoms with Crippen LogP contribution in [0.1, 0.15) is 24.8 Å². The van der Waals surface area contributed by atoms with Crippen molar-refractivity contribution in [1.82, 2.24) is 9.97 Å². The zero-order valence-corrected chi connectivity index (χ0v) is 10.3. The van der Waals surface area contributed by atoms with Crippen LogP contribution in [0.5, 0.6) is 0 Å². The van der Waals surface area contributed by atoms with E-state index in [4.69, 9.17) is 4.74 Å². The van der Waals surface area contributed by atoms with Crippen LogP contribution in [-0.2, 0) is 4.74 Å². The number of aromatic nitrogens is 2. The predicted octanol–water partition coefficient (Wildman–Crippen LogP) is 1.79. The highest BCUT2D eigenvalue weighted by molar-refractivity contribution is 5.30. The molecule has 0 amide bonds. The standard InChI is InChI=1S/C13H19N3O/c1-10-7-14-13(15-8-10)16-5-4-12-11(9-16)3-2-6-17-12/h7-8,11-12H,2-6,9H2,1H3. The minimum atomic E-state index is 0.477. The molecule has 92 valence electrons. The zero-order chi connectivity index (χ0) is 11.7. The molecule has 1 aromatic rings. The average Bonchev–Trinajstić information content (AvgIpc) is 2.39. The Morgan fingerprint density at radius 1 is 1.29 bits per heavy atom. The van der Waals surface area contributed by atoms with Crippen LogP contribution < -0.4 is 4.90 Å². The van der Waals surface area contributed by atoms with Gasteiger partial charge >= 0.3 is 0 Å². The van der Waals surface area contributed by atoms with E-state index in [1.165, 1.54) is 12.8 Å². The number of anilines is 1. The van der Waals surface area contributed by atoms with Crippen LogP contribution in [0.25, 0.3) is 0 Å². The molecule has 0 N–H and O–H groups in total. The number of piperidine rings is 1. The van der Waals surface area contributed by atoms with E-state index in [9.17, 15) is 0 Å². The number of rotatable bonds is 1. The number of aryl methyl sites for hydroxylation is 1. The molecule has 0 aromatic carbocycles. The predicted molar refractivity (Wildman–Crippen MR) is 66.1 cm³/mol. The van der Waals surface area contributed by atoms with Gasteiger partial charge in [-0.3, -0.25) is 0 Å². The molecule has 3 rings (SSSR count). The van der Waals surface area contributed by atoms with Crippen LogP contribution >= 0.6 is 0 Å². The highest BCUT2D eigenvalue weighted by atomic mass is 16.5. The van der Waals surface area contributed by atoms with E-state index in [0.717, 1.165) is 37.6 Å². The molecule has 17 heavy (non-hydrogen) atoms. The highest BCUT2D eigenvalue weighted by Crippen LogP contribution is 2.29. The summed E-state index contributed by atoms with van der Waals surface area (Å²) >= 11 is 0. The van der Waals surface area contributed by atoms with E-state index < -0.39 is 0 Å². The first-order valence-electron chi connectivity index (χ1n) is 6.48. The van der Waals surface area contributed by atoms with Crippen LogP contribution in [0.3, 0.4) is 0 Å². The lowest BCUT2D eigenvalue weighted by atomic mass is 9.89. The first-order chi connectivity index (χ1) is 8.33. The summed E-state index contributed by atoms with van der Waals surface area (Å²) < 4.78 is 5.82. The van der Waals surface area contributed by atoms with Crippen molar-refractivity contribution >= 4 is 5.95 Å². The summed E-state index contributed by atoms with van der Waals surface area (Å²) in [5, 5.41) is 0. The molecule has 2 fully saturated rings. The van der Waals surface area contributed by atoms with E-state index in [1.807, 2.05) is 19.3 Å². The van der Waals surface area contributed by atoms with Crippen molar-refractivity contribution in [2.45, 2.75) is 32.3 Å². The first kappa shape index (κ1) is 11.0. The Balaban J connectivity index is 1.71. The van der Waals surface area contributed by atoms with E-state index in [1.54, 1.807) is 0 Å². The average molecular weight is 233 g/mol. The van der Waals surface area contributed by atoms with Crippen molar-refractivity contribution in [3.05, 3.63) is 18.0 Å². The molecule has 0 aliphatic carbocycles. The quantitative estimate of drug-likeness (QED) is 0.741. The van der Waals surface area contributed by atoms with Gasteiger partial charge in [-0.05, 0) is 31.7 Å². The number of nitrogens with zero attached hydrogens (tertiary/aromatic N) is 3. The Morgan fingerprint density at radius 2 is 2.12 bits per heavy atom. The van der Waals surface area contributed by atoms with Gasteiger partial charge in [0.2, 0.25) is 5.95 Å². The normalized spacial score (nSPS) is 28.9. The molecule has 0 radical (unpaired) electrons. The molecule has 3 heterocycles. The van der Waals surface area contributed by atoms with E-state index in [2.05, 4.69) is 14.9 Å². The van der Waals surface area contributed by atoms with Crippen LogP contribution in [0.15, 0.2) is 12.4 Å². The summed E-state index contributed by atoms with van der Waals surface area (Å²) in [4.78, 5) is 11.1. The minimum absolute atomic E-state index is 0.477. The van der Waals surface area contributed by atoms with Crippen molar-refractivity contribution in [1.29, 1.82) is 0 Å².